The molecule has 1 unspecified atom stereocenters. The Hall–Kier alpha value is -5.43. The lowest BCUT2D eigenvalue weighted by atomic mass is 9.97. The van der Waals surface area contributed by atoms with Gasteiger partial charge in [-0.2, -0.15) is 13.2 Å². The van der Waals surface area contributed by atoms with Crippen LogP contribution in [0.1, 0.15) is 56.8 Å². The standard InChI is InChI=1S/C22H22F3NO.C8H6O4.C2H2O4/c1-2-15-7-3-5-9-18(15)20(26)11-12-27-21-14-17(22(23,24)25)13-16-8-4-6-10-19(16)21;9-7(10)5-2-1-3-6(4-5)8(11)12;3-1(4)2(5)6/h3-10,13-14,20H,2,11-12,26H2,1H3;1-4H,(H,9,10)(H,11,12);(H,3,4)(H,5,6). The fourth-order valence-electron chi connectivity index (χ4n) is 4.01. The van der Waals surface area contributed by atoms with Crippen molar-refractivity contribution in [1.82, 2.24) is 0 Å². The average Bonchev–Trinajstić information content (AvgIpc) is 3.01. The van der Waals surface area contributed by atoms with E-state index >= 15 is 0 Å². The predicted molar refractivity (Wildman–Crippen MR) is 157 cm³/mol. The minimum absolute atomic E-state index is 0.0186. The number of halogens is 3. The molecule has 45 heavy (non-hydrogen) atoms. The number of fused-ring (bicyclic) bond motifs is 1. The fourth-order valence-corrected chi connectivity index (χ4v) is 4.01. The van der Waals surface area contributed by atoms with Crippen molar-refractivity contribution in [2.24, 2.45) is 5.73 Å². The van der Waals surface area contributed by atoms with Crippen LogP contribution >= 0.6 is 0 Å². The van der Waals surface area contributed by atoms with Gasteiger partial charge in [-0.05, 0) is 53.3 Å². The number of benzene rings is 4. The Labute approximate surface area is 255 Å². The van der Waals surface area contributed by atoms with E-state index in [-0.39, 0.29) is 29.5 Å². The number of aliphatic carboxylic acids is 2. The van der Waals surface area contributed by atoms with Crippen LogP contribution in [0.2, 0.25) is 0 Å². The van der Waals surface area contributed by atoms with Crippen LogP contribution in [0.4, 0.5) is 13.2 Å². The normalized spacial score (nSPS) is 11.2. The first-order chi connectivity index (χ1) is 21.1. The van der Waals surface area contributed by atoms with E-state index in [0.717, 1.165) is 30.2 Å². The molecule has 0 heterocycles. The number of rotatable bonds is 8. The number of hydrogen-bond acceptors (Lipinski definition) is 6. The van der Waals surface area contributed by atoms with E-state index in [1.165, 1.54) is 23.8 Å². The van der Waals surface area contributed by atoms with Crippen LogP contribution in [0.5, 0.6) is 5.75 Å². The van der Waals surface area contributed by atoms with E-state index in [4.69, 9.17) is 40.5 Å². The van der Waals surface area contributed by atoms with Crippen molar-refractivity contribution in [2.45, 2.75) is 32.0 Å². The Bertz CT molecular complexity index is 1610. The van der Waals surface area contributed by atoms with Crippen molar-refractivity contribution in [3.63, 3.8) is 0 Å². The summed E-state index contributed by atoms with van der Waals surface area (Å²) in [6.45, 7) is 2.31. The number of nitrogens with two attached hydrogens (primary N) is 1. The van der Waals surface area contributed by atoms with Gasteiger partial charge in [0.25, 0.3) is 0 Å². The molecule has 0 bridgehead atoms. The quantitative estimate of drug-likeness (QED) is 0.142. The van der Waals surface area contributed by atoms with Crippen LogP contribution < -0.4 is 10.5 Å². The number of hydrogen-bond donors (Lipinski definition) is 5. The zero-order chi connectivity index (χ0) is 33.7. The van der Waals surface area contributed by atoms with Crippen molar-refractivity contribution in [1.29, 1.82) is 0 Å². The van der Waals surface area contributed by atoms with Crippen molar-refractivity contribution < 1.29 is 57.5 Å². The summed E-state index contributed by atoms with van der Waals surface area (Å²) in [5, 5.41) is 32.9. The molecule has 0 fully saturated rings. The van der Waals surface area contributed by atoms with E-state index < -0.39 is 35.6 Å². The zero-order valence-corrected chi connectivity index (χ0v) is 23.8. The molecule has 4 rings (SSSR count). The maximum Gasteiger partial charge on any atom is 0.416 e. The summed E-state index contributed by atoms with van der Waals surface area (Å²) in [6.07, 6.45) is -3.02. The van der Waals surface area contributed by atoms with Gasteiger partial charge in [0.1, 0.15) is 5.75 Å². The predicted octanol–water partition coefficient (Wildman–Crippen LogP) is 6.13. The number of carboxylic acid groups (broad SMARTS) is 4. The molecule has 0 aliphatic rings. The molecule has 0 spiro atoms. The van der Waals surface area contributed by atoms with Gasteiger partial charge in [0.15, 0.2) is 0 Å². The second-order valence-electron chi connectivity index (χ2n) is 9.29. The van der Waals surface area contributed by atoms with Gasteiger partial charge in [-0.25, -0.2) is 19.2 Å². The summed E-state index contributed by atoms with van der Waals surface area (Å²) < 4.78 is 45.3. The summed E-state index contributed by atoms with van der Waals surface area (Å²) >= 11 is 0. The van der Waals surface area contributed by atoms with E-state index in [2.05, 4.69) is 6.92 Å². The summed E-state index contributed by atoms with van der Waals surface area (Å²) in [5.74, 6) is -5.67. The SMILES string of the molecule is CCc1ccccc1C(N)CCOc1cc(C(F)(F)F)cc2ccccc12.O=C(O)C(=O)O.O=C(O)c1cccc(C(=O)O)c1. The monoisotopic (exact) mass is 629 g/mol. The maximum atomic E-state index is 13.2. The molecule has 4 aromatic carbocycles. The lowest BCUT2D eigenvalue weighted by Gasteiger charge is -2.17. The number of alkyl halides is 3. The number of ether oxygens (including phenoxy) is 1. The summed E-state index contributed by atoms with van der Waals surface area (Å²) in [4.78, 5) is 39.0. The molecule has 0 saturated carbocycles. The lowest BCUT2D eigenvalue weighted by molar-refractivity contribution is -0.159. The highest BCUT2D eigenvalue weighted by molar-refractivity contribution is 6.27. The molecule has 0 saturated heterocycles. The minimum Gasteiger partial charge on any atom is -0.493 e. The van der Waals surface area contributed by atoms with Crippen molar-refractivity contribution in [2.75, 3.05) is 6.61 Å². The third-order valence-electron chi connectivity index (χ3n) is 6.21. The molecule has 10 nitrogen and oxygen atoms in total. The minimum atomic E-state index is -4.42. The maximum absolute atomic E-state index is 13.2. The van der Waals surface area contributed by atoms with Gasteiger partial charge in [-0.15, -0.1) is 0 Å². The highest BCUT2D eigenvalue weighted by atomic mass is 19.4. The smallest absolute Gasteiger partial charge is 0.416 e. The second-order valence-corrected chi connectivity index (χ2v) is 9.29. The topological polar surface area (TPSA) is 184 Å². The first-order valence-electron chi connectivity index (χ1n) is 13.2. The van der Waals surface area contributed by atoms with Crippen LogP contribution in [0.3, 0.4) is 0 Å². The van der Waals surface area contributed by atoms with Gasteiger partial charge < -0.3 is 30.9 Å². The Balaban J connectivity index is 0.000000322. The van der Waals surface area contributed by atoms with Crippen LogP contribution in [0.25, 0.3) is 10.8 Å². The number of carbonyl (C=O) groups is 4. The van der Waals surface area contributed by atoms with E-state index in [1.807, 2.05) is 24.3 Å². The van der Waals surface area contributed by atoms with Crippen LogP contribution in [-0.2, 0) is 22.2 Å². The number of carboxylic acids is 4. The molecule has 4 aromatic rings. The largest absolute Gasteiger partial charge is 0.493 e. The molecule has 0 radical (unpaired) electrons. The molecule has 13 heteroatoms. The lowest BCUT2D eigenvalue weighted by Crippen LogP contribution is -2.16. The number of aromatic carboxylic acids is 2. The molecule has 0 amide bonds. The fraction of sp³-hybridized carbons (Fsp3) is 0.188. The molecule has 0 aliphatic carbocycles. The van der Waals surface area contributed by atoms with E-state index in [9.17, 15) is 22.8 Å². The average molecular weight is 630 g/mol. The molecule has 1 atom stereocenters. The Morgan fingerprint density at radius 3 is 1.87 bits per heavy atom. The summed E-state index contributed by atoms with van der Waals surface area (Å²) in [6, 6.07) is 22.0. The van der Waals surface area contributed by atoms with Gasteiger partial charge in [0.2, 0.25) is 0 Å². The Morgan fingerprint density at radius 2 is 1.33 bits per heavy atom. The third-order valence-corrected chi connectivity index (χ3v) is 6.21. The van der Waals surface area contributed by atoms with Crippen molar-refractivity contribution >= 4 is 34.6 Å². The second kappa shape index (κ2) is 16.4. The van der Waals surface area contributed by atoms with Crippen LogP contribution in [0.15, 0.2) is 84.9 Å². The Kier molecular flexibility index (Phi) is 13.1. The highest BCUT2D eigenvalue weighted by Crippen LogP contribution is 2.36. The summed E-state index contributed by atoms with van der Waals surface area (Å²) in [5.41, 5.74) is 7.77. The van der Waals surface area contributed by atoms with Gasteiger partial charge in [-0.1, -0.05) is 61.5 Å². The van der Waals surface area contributed by atoms with Crippen LogP contribution in [-0.4, -0.2) is 50.9 Å². The molecule has 0 aliphatic heterocycles. The van der Waals surface area contributed by atoms with E-state index in [0.29, 0.717) is 17.2 Å². The first kappa shape index (κ1) is 35.8. The van der Waals surface area contributed by atoms with Crippen LogP contribution in [0, 0.1) is 0 Å². The molecule has 0 aromatic heterocycles. The molecule has 6 N–H and O–H groups in total. The van der Waals surface area contributed by atoms with Gasteiger partial charge in [-0.3, -0.25) is 0 Å². The summed E-state index contributed by atoms with van der Waals surface area (Å²) in [7, 11) is 0. The Morgan fingerprint density at radius 1 is 0.778 bits per heavy atom. The van der Waals surface area contributed by atoms with Gasteiger partial charge >= 0.3 is 30.1 Å². The molecule has 238 valence electrons. The van der Waals surface area contributed by atoms with Gasteiger partial charge in [0, 0.05) is 17.8 Å². The van der Waals surface area contributed by atoms with Gasteiger partial charge in [0.05, 0.1) is 23.3 Å². The molecular formula is C32H30F3NO9. The number of aryl methyl sites for hydroxylation is 1. The zero-order valence-electron chi connectivity index (χ0n) is 23.8. The van der Waals surface area contributed by atoms with Crippen molar-refractivity contribution in [3.05, 3.63) is 113 Å². The van der Waals surface area contributed by atoms with Crippen molar-refractivity contribution in [3.8, 4) is 5.75 Å². The van der Waals surface area contributed by atoms with E-state index in [1.54, 1.807) is 24.3 Å². The highest BCUT2D eigenvalue weighted by Gasteiger charge is 2.31. The molecular weight excluding hydrogens is 599 g/mol. The first-order valence-corrected chi connectivity index (χ1v) is 13.2. The third kappa shape index (κ3) is 11.0.